The largest absolute Gasteiger partial charge is 0.416 e. The van der Waals surface area contributed by atoms with Crippen LogP contribution in [0.5, 0.6) is 0 Å². The molecule has 0 saturated heterocycles. The molecule has 2 aromatic carbocycles. The van der Waals surface area contributed by atoms with Crippen LogP contribution in [0.15, 0.2) is 48.5 Å². The van der Waals surface area contributed by atoms with Crippen molar-refractivity contribution in [1.29, 1.82) is 5.26 Å². The minimum atomic E-state index is -4.38. The molecule has 0 unspecified atom stereocenters. The zero-order chi connectivity index (χ0) is 15.2. The van der Waals surface area contributed by atoms with Gasteiger partial charge in [0.05, 0.1) is 17.2 Å². The summed E-state index contributed by atoms with van der Waals surface area (Å²) >= 11 is 0. The van der Waals surface area contributed by atoms with E-state index in [1.807, 2.05) is 6.07 Å². The van der Waals surface area contributed by atoms with Crippen molar-refractivity contribution in [2.75, 3.05) is 0 Å². The third-order valence-corrected chi connectivity index (χ3v) is 2.14. The summed E-state index contributed by atoms with van der Waals surface area (Å²) in [7, 11) is 0. The molecule has 0 heterocycles. The first-order chi connectivity index (χ1) is 9.32. The number of benzene rings is 2. The molecule has 0 saturated carbocycles. The highest BCUT2D eigenvalue weighted by Gasteiger charge is 2.29. The van der Waals surface area contributed by atoms with Gasteiger partial charge in [0, 0.05) is 0 Å². The second kappa shape index (κ2) is 6.66. The fourth-order valence-corrected chi connectivity index (χ4v) is 1.16. The quantitative estimate of drug-likeness (QED) is 0.652. The number of alkyl halides is 3. The highest BCUT2D eigenvalue weighted by molar-refractivity contribution is 5.28. The molecule has 0 aromatic heterocycles. The zero-order valence-corrected chi connectivity index (χ0v) is 9.96. The molecule has 0 N–H and O–H groups in total. The van der Waals surface area contributed by atoms with E-state index in [9.17, 15) is 22.0 Å². The minimum absolute atomic E-state index is 0.311. The van der Waals surface area contributed by atoms with E-state index >= 15 is 0 Å². The predicted octanol–water partition coefficient (Wildman–Crippen LogP) is 4.54. The van der Waals surface area contributed by atoms with E-state index in [0.717, 1.165) is 12.1 Å². The average Bonchev–Trinajstić information content (AvgIpc) is 2.40. The van der Waals surface area contributed by atoms with Crippen molar-refractivity contribution < 1.29 is 22.0 Å². The minimum Gasteiger partial charge on any atom is -0.207 e. The first kappa shape index (κ1) is 15.6. The van der Waals surface area contributed by atoms with Crippen LogP contribution in [0.3, 0.4) is 0 Å². The maximum atomic E-state index is 12.1. The standard InChI is InChI=1S/C7H4F4.C7H4FN/c8-6-3-1-5(2-4-6)7(9,10)11;8-7-3-1-6(5-9)2-4-7/h1-4H;1-4H. The van der Waals surface area contributed by atoms with Crippen LogP contribution >= 0.6 is 0 Å². The molecular weight excluding hydrogens is 277 g/mol. The Morgan fingerprint density at radius 2 is 1.15 bits per heavy atom. The summed E-state index contributed by atoms with van der Waals surface area (Å²) in [6.45, 7) is 0. The molecule has 0 spiro atoms. The normalized spacial score (nSPS) is 10.2. The van der Waals surface area contributed by atoms with Crippen molar-refractivity contribution in [1.82, 2.24) is 0 Å². The lowest BCUT2D eigenvalue weighted by Gasteiger charge is -2.04. The molecule has 0 aliphatic carbocycles. The molecule has 104 valence electrons. The smallest absolute Gasteiger partial charge is 0.207 e. The van der Waals surface area contributed by atoms with Gasteiger partial charge in [0.15, 0.2) is 0 Å². The summed E-state index contributed by atoms with van der Waals surface area (Å²) in [6, 6.07) is 10.3. The van der Waals surface area contributed by atoms with Gasteiger partial charge in [0.25, 0.3) is 0 Å². The van der Waals surface area contributed by atoms with Gasteiger partial charge in [-0.05, 0) is 48.5 Å². The number of hydrogen-bond acceptors (Lipinski definition) is 1. The first-order valence-electron chi connectivity index (χ1n) is 5.31. The topological polar surface area (TPSA) is 23.8 Å². The van der Waals surface area contributed by atoms with E-state index < -0.39 is 17.6 Å². The molecule has 0 aliphatic heterocycles. The van der Waals surface area contributed by atoms with Crippen LogP contribution < -0.4 is 0 Å². The van der Waals surface area contributed by atoms with Crippen LogP contribution in [0, 0.1) is 23.0 Å². The molecule has 1 nitrogen and oxygen atoms in total. The lowest BCUT2D eigenvalue weighted by Crippen LogP contribution is -2.03. The molecule has 0 aliphatic rings. The van der Waals surface area contributed by atoms with Crippen LogP contribution in [-0.4, -0.2) is 0 Å². The Morgan fingerprint density at radius 3 is 1.50 bits per heavy atom. The molecule has 2 aromatic rings. The van der Waals surface area contributed by atoms with Gasteiger partial charge in [-0.25, -0.2) is 8.78 Å². The maximum Gasteiger partial charge on any atom is 0.416 e. The number of rotatable bonds is 0. The Bertz CT molecular complexity index is 579. The summed E-state index contributed by atoms with van der Waals surface area (Å²) in [5, 5.41) is 8.26. The summed E-state index contributed by atoms with van der Waals surface area (Å²) in [5.74, 6) is -0.980. The molecule has 0 fully saturated rings. The van der Waals surface area contributed by atoms with Crippen molar-refractivity contribution in [3.63, 3.8) is 0 Å². The average molecular weight is 285 g/mol. The van der Waals surface area contributed by atoms with Gasteiger partial charge in [-0.3, -0.25) is 0 Å². The molecule has 0 bridgehead atoms. The molecule has 6 heteroatoms. The molecule has 20 heavy (non-hydrogen) atoms. The second-order valence-electron chi connectivity index (χ2n) is 3.62. The summed E-state index contributed by atoms with van der Waals surface area (Å²) in [5.41, 5.74) is -0.352. The third kappa shape index (κ3) is 5.06. The van der Waals surface area contributed by atoms with E-state index in [2.05, 4.69) is 0 Å². The molecular formula is C14H8F5N. The number of hydrogen-bond donors (Lipinski definition) is 0. The molecule has 0 radical (unpaired) electrons. The monoisotopic (exact) mass is 285 g/mol. The highest BCUT2D eigenvalue weighted by Crippen LogP contribution is 2.28. The second-order valence-corrected chi connectivity index (χ2v) is 3.62. The maximum absolute atomic E-state index is 12.1. The van der Waals surface area contributed by atoms with Crippen molar-refractivity contribution >= 4 is 0 Å². The van der Waals surface area contributed by atoms with Gasteiger partial charge in [-0.1, -0.05) is 0 Å². The van der Waals surface area contributed by atoms with Crippen molar-refractivity contribution in [3.8, 4) is 6.07 Å². The highest BCUT2D eigenvalue weighted by atomic mass is 19.4. The van der Waals surface area contributed by atoms with Crippen molar-refractivity contribution in [3.05, 3.63) is 71.3 Å². The molecule has 0 atom stereocenters. The third-order valence-electron chi connectivity index (χ3n) is 2.14. The Kier molecular flexibility index (Phi) is 5.21. The van der Waals surface area contributed by atoms with Gasteiger partial charge < -0.3 is 0 Å². The number of halogens is 5. The fraction of sp³-hybridized carbons (Fsp3) is 0.0714. The Balaban J connectivity index is 0.000000204. The van der Waals surface area contributed by atoms with Crippen LogP contribution in [0.4, 0.5) is 22.0 Å². The Labute approximate surface area is 111 Å². The lowest BCUT2D eigenvalue weighted by molar-refractivity contribution is -0.137. The van der Waals surface area contributed by atoms with E-state index in [-0.39, 0.29) is 5.82 Å². The van der Waals surface area contributed by atoms with Crippen molar-refractivity contribution in [2.45, 2.75) is 6.18 Å². The fourth-order valence-electron chi connectivity index (χ4n) is 1.16. The Hall–Kier alpha value is -2.42. The number of nitrogens with zero attached hydrogens (tertiary/aromatic N) is 1. The van der Waals surface area contributed by atoms with Crippen LogP contribution in [0.2, 0.25) is 0 Å². The van der Waals surface area contributed by atoms with Crippen LogP contribution in [0.1, 0.15) is 11.1 Å². The molecule has 0 amide bonds. The summed E-state index contributed by atoms with van der Waals surface area (Å²) in [4.78, 5) is 0. The van der Waals surface area contributed by atoms with E-state index in [0.29, 0.717) is 17.7 Å². The van der Waals surface area contributed by atoms with Crippen LogP contribution in [0.25, 0.3) is 0 Å². The zero-order valence-electron chi connectivity index (χ0n) is 9.96. The van der Waals surface area contributed by atoms with Crippen molar-refractivity contribution in [2.24, 2.45) is 0 Å². The van der Waals surface area contributed by atoms with Gasteiger partial charge in [-0.15, -0.1) is 0 Å². The summed E-state index contributed by atoms with van der Waals surface area (Å²) < 4.78 is 59.6. The predicted molar refractivity (Wildman–Crippen MR) is 62.5 cm³/mol. The van der Waals surface area contributed by atoms with Gasteiger partial charge in [-0.2, -0.15) is 18.4 Å². The van der Waals surface area contributed by atoms with Gasteiger partial charge >= 0.3 is 6.18 Å². The number of nitriles is 1. The Morgan fingerprint density at radius 1 is 0.750 bits per heavy atom. The van der Waals surface area contributed by atoms with Crippen LogP contribution in [-0.2, 0) is 6.18 Å². The lowest BCUT2D eigenvalue weighted by atomic mass is 10.2. The van der Waals surface area contributed by atoms with E-state index in [4.69, 9.17) is 5.26 Å². The van der Waals surface area contributed by atoms with E-state index in [1.54, 1.807) is 0 Å². The first-order valence-corrected chi connectivity index (χ1v) is 5.31. The van der Waals surface area contributed by atoms with E-state index in [1.165, 1.54) is 24.3 Å². The SMILES string of the molecule is Fc1ccc(C(F)(F)F)cc1.N#Cc1ccc(F)cc1. The molecule has 2 rings (SSSR count). The summed E-state index contributed by atoms with van der Waals surface area (Å²) in [6.07, 6.45) is -4.38. The van der Waals surface area contributed by atoms with Gasteiger partial charge in [0.1, 0.15) is 11.6 Å². The van der Waals surface area contributed by atoms with Gasteiger partial charge in [0.2, 0.25) is 0 Å².